The molecule has 13 heteroatoms. The number of carbonyl (C=O) groups excluding carboxylic acids is 2. The molecule has 11 nitrogen and oxygen atoms in total. The van der Waals surface area contributed by atoms with E-state index in [0.717, 1.165) is 43.3 Å². The van der Waals surface area contributed by atoms with Gasteiger partial charge in [0, 0.05) is 62.1 Å². The molecule has 3 aromatic rings. The fourth-order valence-electron chi connectivity index (χ4n) is 6.54. The first kappa shape index (κ1) is 31.3. The molecule has 0 aliphatic carbocycles. The highest BCUT2D eigenvalue weighted by Crippen LogP contribution is 2.49. The van der Waals surface area contributed by atoms with Crippen LogP contribution < -0.4 is 14.4 Å². The number of likely N-dealkylation sites (tertiary alicyclic amines) is 1. The number of urea groups is 1. The van der Waals surface area contributed by atoms with Crippen LogP contribution in [0, 0.1) is 0 Å². The number of aromatic nitrogens is 1. The van der Waals surface area contributed by atoms with Crippen molar-refractivity contribution in [1.29, 1.82) is 0 Å². The van der Waals surface area contributed by atoms with E-state index in [2.05, 4.69) is 27.1 Å². The number of halogens is 1. The summed E-state index contributed by atoms with van der Waals surface area (Å²) in [5, 5.41) is 3.27. The van der Waals surface area contributed by atoms with Crippen LogP contribution in [-0.4, -0.2) is 99.0 Å². The normalized spacial score (nSPS) is 21.5. The van der Waals surface area contributed by atoms with Gasteiger partial charge in [-0.25, -0.2) is 18.2 Å². The molecule has 0 radical (unpaired) electrons. The molecule has 1 unspecified atom stereocenters. The van der Waals surface area contributed by atoms with E-state index in [1.807, 2.05) is 0 Å². The van der Waals surface area contributed by atoms with Gasteiger partial charge in [-0.2, -0.15) is 4.31 Å². The van der Waals surface area contributed by atoms with Crippen molar-refractivity contribution in [2.24, 2.45) is 0 Å². The molecule has 4 heterocycles. The third kappa shape index (κ3) is 5.65. The van der Waals surface area contributed by atoms with E-state index < -0.39 is 27.5 Å². The minimum absolute atomic E-state index is 0.0661. The number of likely N-dealkylation sites (N-methyl/N-ethyl adjacent to an activating group) is 1. The van der Waals surface area contributed by atoms with Crippen LogP contribution in [-0.2, 0) is 20.4 Å². The van der Waals surface area contributed by atoms with Gasteiger partial charge in [-0.3, -0.25) is 9.69 Å². The average Bonchev–Trinajstić information content (AvgIpc) is 3.30. The highest BCUT2D eigenvalue weighted by atomic mass is 35.5. The highest BCUT2D eigenvalue weighted by molar-refractivity contribution is 7.93. The Bertz CT molecular complexity index is 1680. The van der Waals surface area contributed by atoms with Crippen molar-refractivity contribution in [2.45, 2.75) is 36.2 Å². The molecule has 0 spiro atoms. The highest BCUT2D eigenvalue weighted by Gasteiger charge is 2.59. The molecular weight excluding hydrogens is 616 g/mol. The smallest absolute Gasteiger partial charge is 0.318 e. The zero-order chi connectivity index (χ0) is 31.8. The maximum absolute atomic E-state index is 14.9. The fraction of sp³-hybridized carbons (Fsp3) is 0.406. The van der Waals surface area contributed by atoms with Crippen LogP contribution in [0.15, 0.2) is 71.8 Å². The first-order valence-corrected chi connectivity index (χ1v) is 17.0. The maximum Gasteiger partial charge on any atom is 0.318 e. The molecule has 238 valence electrons. The van der Waals surface area contributed by atoms with E-state index in [0.29, 0.717) is 19.1 Å². The Morgan fingerprint density at radius 2 is 1.71 bits per heavy atom. The molecule has 0 bridgehead atoms. The second-order valence-corrected chi connectivity index (χ2v) is 13.8. The van der Waals surface area contributed by atoms with Crippen molar-refractivity contribution < 1.29 is 22.7 Å². The fourth-order valence-corrected chi connectivity index (χ4v) is 8.19. The summed E-state index contributed by atoms with van der Waals surface area (Å²) in [5.41, 5.74) is -1.47. The van der Waals surface area contributed by atoms with Crippen LogP contribution in [0.25, 0.3) is 0 Å². The minimum atomic E-state index is -4.40. The number of anilines is 1. The number of hydrogen-bond donors (Lipinski definition) is 1. The third-order valence-electron chi connectivity index (χ3n) is 8.92. The lowest BCUT2D eigenvalue weighted by molar-refractivity contribution is -0.121. The van der Waals surface area contributed by atoms with Gasteiger partial charge in [0.05, 0.1) is 22.8 Å². The van der Waals surface area contributed by atoms with Crippen LogP contribution in [0.3, 0.4) is 0 Å². The van der Waals surface area contributed by atoms with Crippen molar-refractivity contribution in [3.63, 3.8) is 0 Å². The Labute approximate surface area is 268 Å². The van der Waals surface area contributed by atoms with E-state index in [1.54, 1.807) is 42.2 Å². The number of benzene rings is 2. The Kier molecular flexibility index (Phi) is 8.75. The molecule has 3 amide bonds. The van der Waals surface area contributed by atoms with Gasteiger partial charge in [-0.05, 0) is 69.3 Å². The van der Waals surface area contributed by atoms with Gasteiger partial charge in [0.2, 0.25) is 5.88 Å². The molecule has 0 saturated carbocycles. The van der Waals surface area contributed by atoms with Gasteiger partial charge in [0.25, 0.3) is 15.9 Å². The Morgan fingerprint density at radius 1 is 1.00 bits per heavy atom. The Hall–Kier alpha value is -3.71. The number of pyridine rings is 1. The van der Waals surface area contributed by atoms with Crippen molar-refractivity contribution in [3.05, 3.63) is 83.0 Å². The first-order valence-electron chi connectivity index (χ1n) is 15.2. The molecule has 1 atom stereocenters. The van der Waals surface area contributed by atoms with Crippen LogP contribution in [0.1, 0.15) is 30.9 Å². The molecule has 6 rings (SSSR count). The number of ether oxygens (including phenoxy) is 1. The second-order valence-electron chi connectivity index (χ2n) is 11.6. The molecule has 45 heavy (non-hydrogen) atoms. The number of amides is 3. The number of rotatable bonds is 7. The summed E-state index contributed by atoms with van der Waals surface area (Å²) in [5.74, 6) is -0.773. The summed E-state index contributed by atoms with van der Waals surface area (Å²) in [6.45, 7) is 7.02. The summed E-state index contributed by atoms with van der Waals surface area (Å²) in [4.78, 5) is 39.8. The topological polar surface area (TPSA) is 115 Å². The minimum Gasteiger partial charge on any atom is -0.478 e. The summed E-state index contributed by atoms with van der Waals surface area (Å²) >= 11 is 6.49. The Balaban J connectivity index is 1.41. The van der Waals surface area contributed by atoms with E-state index in [4.69, 9.17) is 16.3 Å². The average molecular weight is 653 g/mol. The van der Waals surface area contributed by atoms with Gasteiger partial charge >= 0.3 is 6.03 Å². The number of sulfonamides is 1. The van der Waals surface area contributed by atoms with Crippen LogP contribution in [0.2, 0.25) is 5.02 Å². The SMILES string of the molecule is CCOc1ncccc1C1(NC(=O)N2CCC(N3CCN(C)CC3)CC2)C(=O)N(S(=O)(=O)c2ccccc2)c2ccc(Cl)cc21. The number of fused-ring (bicyclic) bond motifs is 1. The number of piperazine rings is 1. The second kappa shape index (κ2) is 12.6. The molecule has 2 fully saturated rings. The molecule has 3 aliphatic rings. The summed E-state index contributed by atoms with van der Waals surface area (Å²) in [6.07, 6.45) is 3.11. The zero-order valence-corrected chi connectivity index (χ0v) is 26.9. The van der Waals surface area contributed by atoms with E-state index in [1.165, 1.54) is 36.5 Å². The molecule has 2 saturated heterocycles. The molecule has 3 aliphatic heterocycles. The van der Waals surface area contributed by atoms with Crippen LogP contribution in [0.5, 0.6) is 5.88 Å². The van der Waals surface area contributed by atoms with Crippen molar-refractivity contribution in [3.8, 4) is 5.88 Å². The van der Waals surface area contributed by atoms with E-state index >= 15 is 0 Å². The Morgan fingerprint density at radius 3 is 2.40 bits per heavy atom. The number of hydrogen-bond acceptors (Lipinski definition) is 8. The molecule has 1 N–H and O–H groups in total. The van der Waals surface area contributed by atoms with Crippen LogP contribution >= 0.6 is 11.6 Å². The molecule has 2 aromatic carbocycles. The zero-order valence-electron chi connectivity index (χ0n) is 25.4. The lowest BCUT2D eigenvalue weighted by Gasteiger charge is -2.42. The lowest BCUT2D eigenvalue weighted by atomic mass is 9.84. The number of nitrogens with one attached hydrogen (secondary N) is 1. The number of carbonyl (C=O) groups is 2. The first-order chi connectivity index (χ1) is 21.7. The number of piperidine rings is 1. The third-order valence-corrected chi connectivity index (χ3v) is 10.9. The summed E-state index contributed by atoms with van der Waals surface area (Å²) in [7, 11) is -2.27. The van der Waals surface area contributed by atoms with Crippen molar-refractivity contribution >= 4 is 39.2 Å². The monoisotopic (exact) mass is 652 g/mol. The summed E-state index contributed by atoms with van der Waals surface area (Å²) < 4.78 is 34.8. The van der Waals surface area contributed by atoms with E-state index in [-0.39, 0.29) is 39.2 Å². The largest absolute Gasteiger partial charge is 0.478 e. The van der Waals surface area contributed by atoms with Gasteiger partial charge < -0.3 is 19.9 Å². The standard InChI is InChI=1S/C32H37ClN6O5S/c1-3-44-29-26(10-7-15-34-29)32(35-31(41)38-16-13-24(14-17-38)37-20-18-36(2)19-21-37)27-22-23(33)11-12-28(27)39(30(32)40)45(42,43)25-8-5-4-6-9-25/h4-12,15,22,24H,3,13-14,16-21H2,1-2H3,(H,35,41). The maximum atomic E-state index is 14.9. The molecular formula is C32H37ClN6O5S. The molecule has 1 aromatic heterocycles. The predicted molar refractivity (Wildman–Crippen MR) is 171 cm³/mol. The van der Waals surface area contributed by atoms with Gasteiger partial charge in [0.15, 0.2) is 5.54 Å². The van der Waals surface area contributed by atoms with Crippen molar-refractivity contribution in [1.82, 2.24) is 25.0 Å². The van der Waals surface area contributed by atoms with Crippen LogP contribution in [0.4, 0.5) is 10.5 Å². The van der Waals surface area contributed by atoms with E-state index in [9.17, 15) is 18.0 Å². The van der Waals surface area contributed by atoms with Gasteiger partial charge in [0.1, 0.15) is 0 Å². The van der Waals surface area contributed by atoms with Gasteiger partial charge in [-0.15, -0.1) is 0 Å². The lowest BCUT2D eigenvalue weighted by Crippen LogP contribution is -2.59. The van der Waals surface area contributed by atoms with Crippen molar-refractivity contribution in [2.75, 3.05) is 57.2 Å². The van der Waals surface area contributed by atoms with Gasteiger partial charge in [-0.1, -0.05) is 29.8 Å². The quantitative estimate of drug-likeness (QED) is 0.412. The predicted octanol–water partition coefficient (Wildman–Crippen LogP) is 3.53. The summed E-state index contributed by atoms with van der Waals surface area (Å²) in [6, 6.07) is 15.4. The number of nitrogens with zero attached hydrogens (tertiary/aromatic N) is 5.